The molecule has 0 aliphatic rings. The van der Waals surface area contributed by atoms with E-state index in [2.05, 4.69) is 31.2 Å². The summed E-state index contributed by atoms with van der Waals surface area (Å²) in [6, 6.07) is 2.84. The van der Waals surface area contributed by atoms with Crippen LogP contribution in [-0.2, 0) is 0 Å². The van der Waals surface area contributed by atoms with Crippen LogP contribution in [0.5, 0.6) is 0 Å². The first-order chi connectivity index (χ1) is 9.88. The van der Waals surface area contributed by atoms with Gasteiger partial charge in [-0.25, -0.2) is 9.97 Å². The van der Waals surface area contributed by atoms with E-state index in [0.29, 0.717) is 10.0 Å². The smallest absolute Gasteiger partial charge is 0.275 e. The minimum atomic E-state index is -0.540. The molecule has 1 heterocycles. The zero-order valence-corrected chi connectivity index (χ0v) is 12.4. The molecule has 0 spiro atoms. The van der Waals surface area contributed by atoms with Crippen LogP contribution in [0.4, 0.5) is 17.2 Å². The van der Waals surface area contributed by atoms with Crippen molar-refractivity contribution >= 4 is 39.0 Å². The van der Waals surface area contributed by atoms with Crippen molar-refractivity contribution < 1.29 is 9.72 Å². The number of nitrogen functional groups attached to an aromatic ring is 1. The molecule has 0 aliphatic carbocycles. The van der Waals surface area contributed by atoms with Gasteiger partial charge in [0.1, 0.15) is 11.5 Å². The van der Waals surface area contributed by atoms with Crippen LogP contribution < -0.4 is 11.1 Å². The van der Waals surface area contributed by atoms with Crippen molar-refractivity contribution in [2.75, 3.05) is 11.1 Å². The lowest BCUT2D eigenvalue weighted by Crippen LogP contribution is -2.15. The highest BCUT2D eigenvalue weighted by Gasteiger charge is 2.17. The summed E-state index contributed by atoms with van der Waals surface area (Å²) in [4.78, 5) is 30.0. The number of nitro groups is 1. The number of amides is 1. The highest BCUT2D eigenvalue weighted by Crippen LogP contribution is 2.30. The lowest BCUT2D eigenvalue weighted by atomic mass is 10.2. The Labute approximate surface area is 127 Å². The van der Waals surface area contributed by atoms with Crippen molar-refractivity contribution in [3.63, 3.8) is 0 Å². The summed E-state index contributed by atoms with van der Waals surface area (Å²) in [6.07, 6.45) is 2.47. The Bertz CT molecular complexity index is 718. The van der Waals surface area contributed by atoms with Gasteiger partial charge in [-0.1, -0.05) is 0 Å². The molecule has 21 heavy (non-hydrogen) atoms. The Hall–Kier alpha value is -2.55. The molecule has 2 aromatic rings. The van der Waals surface area contributed by atoms with Gasteiger partial charge >= 0.3 is 0 Å². The van der Waals surface area contributed by atoms with E-state index in [4.69, 9.17) is 5.73 Å². The van der Waals surface area contributed by atoms with E-state index in [1.165, 1.54) is 18.5 Å². The maximum Gasteiger partial charge on any atom is 0.275 e. The molecule has 0 aliphatic heterocycles. The van der Waals surface area contributed by atoms with Gasteiger partial charge in [-0.15, -0.1) is 0 Å². The Morgan fingerprint density at radius 2 is 2.10 bits per heavy atom. The van der Waals surface area contributed by atoms with Gasteiger partial charge in [-0.2, -0.15) is 0 Å². The minimum Gasteiger partial charge on any atom is -0.382 e. The Kier molecular flexibility index (Phi) is 4.13. The molecule has 1 aromatic carbocycles. The van der Waals surface area contributed by atoms with Gasteiger partial charge < -0.3 is 11.1 Å². The molecule has 0 bridgehead atoms. The summed E-state index contributed by atoms with van der Waals surface area (Å²) < 4.78 is 0.530. The quantitative estimate of drug-likeness (QED) is 0.645. The van der Waals surface area contributed by atoms with Gasteiger partial charge in [0, 0.05) is 16.1 Å². The van der Waals surface area contributed by atoms with Crippen LogP contribution in [0.25, 0.3) is 0 Å². The number of carbonyl (C=O) groups is 1. The number of aryl methyl sites for hydroxylation is 1. The third-order valence-corrected chi connectivity index (χ3v) is 3.29. The standard InChI is InChI=1S/C12H10BrN5O3/c1-6-2-7(13)8(3-10(6)18(20)21)17-12(19)9-4-16-11(14)5-15-9/h2-5H,1H3,(H2,14,16)(H,17,19). The van der Waals surface area contributed by atoms with Gasteiger partial charge in [0.05, 0.1) is 23.0 Å². The van der Waals surface area contributed by atoms with Crippen molar-refractivity contribution in [1.82, 2.24) is 9.97 Å². The molecule has 9 heteroatoms. The third-order valence-electron chi connectivity index (χ3n) is 2.63. The number of aromatic nitrogens is 2. The van der Waals surface area contributed by atoms with E-state index in [9.17, 15) is 14.9 Å². The highest BCUT2D eigenvalue weighted by molar-refractivity contribution is 9.10. The molecule has 1 aromatic heterocycles. The SMILES string of the molecule is Cc1cc(Br)c(NC(=O)c2cnc(N)cn2)cc1[N+](=O)[O-]. The first-order valence-corrected chi connectivity index (χ1v) is 6.51. The minimum absolute atomic E-state index is 0.0549. The average Bonchev–Trinajstić information content (AvgIpc) is 2.42. The molecule has 8 nitrogen and oxygen atoms in total. The van der Waals surface area contributed by atoms with E-state index in [1.54, 1.807) is 13.0 Å². The van der Waals surface area contributed by atoms with Crippen molar-refractivity contribution in [3.8, 4) is 0 Å². The molecule has 108 valence electrons. The van der Waals surface area contributed by atoms with Crippen molar-refractivity contribution in [2.45, 2.75) is 6.92 Å². The zero-order chi connectivity index (χ0) is 15.6. The number of carbonyl (C=O) groups excluding carboxylic acids is 1. The van der Waals surface area contributed by atoms with Gasteiger partial charge in [0.15, 0.2) is 0 Å². The number of nitrogens with two attached hydrogens (primary N) is 1. The largest absolute Gasteiger partial charge is 0.382 e. The number of benzene rings is 1. The second kappa shape index (κ2) is 5.83. The summed E-state index contributed by atoms with van der Waals surface area (Å²) in [5, 5.41) is 13.5. The van der Waals surface area contributed by atoms with Crippen molar-refractivity contribution in [2.24, 2.45) is 0 Å². The predicted molar refractivity (Wildman–Crippen MR) is 79.9 cm³/mol. The topological polar surface area (TPSA) is 124 Å². The molecule has 0 unspecified atom stereocenters. The molecule has 3 N–H and O–H groups in total. The van der Waals surface area contributed by atoms with Gasteiger partial charge in [0.2, 0.25) is 0 Å². The lowest BCUT2D eigenvalue weighted by Gasteiger charge is -2.08. The second-order valence-electron chi connectivity index (χ2n) is 4.16. The number of hydrogen-bond acceptors (Lipinski definition) is 6. The molecule has 0 radical (unpaired) electrons. The fourth-order valence-electron chi connectivity index (χ4n) is 1.60. The first-order valence-electron chi connectivity index (χ1n) is 5.72. The monoisotopic (exact) mass is 351 g/mol. The van der Waals surface area contributed by atoms with E-state index in [-0.39, 0.29) is 22.9 Å². The average molecular weight is 352 g/mol. The maximum absolute atomic E-state index is 12.0. The molecule has 0 saturated heterocycles. The highest BCUT2D eigenvalue weighted by atomic mass is 79.9. The number of nitrogens with one attached hydrogen (secondary N) is 1. The third kappa shape index (κ3) is 3.31. The number of nitrogens with zero attached hydrogens (tertiary/aromatic N) is 3. The maximum atomic E-state index is 12.0. The van der Waals surface area contributed by atoms with E-state index >= 15 is 0 Å². The van der Waals surface area contributed by atoms with Gasteiger partial charge in [-0.05, 0) is 28.9 Å². The normalized spacial score (nSPS) is 10.2. The Balaban J connectivity index is 2.30. The number of anilines is 2. The van der Waals surface area contributed by atoms with Crippen LogP contribution in [0, 0.1) is 17.0 Å². The summed E-state index contributed by atoms with van der Waals surface area (Å²) in [6.45, 7) is 1.61. The second-order valence-corrected chi connectivity index (χ2v) is 5.01. The summed E-state index contributed by atoms with van der Waals surface area (Å²) in [7, 11) is 0. The number of hydrogen-bond donors (Lipinski definition) is 2. The summed E-state index contributed by atoms with van der Waals surface area (Å²) in [5.74, 6) is -0.347. The molecular formula is C12H10BrN5O3. The number of halogens is 1. The van der Waals surface area contributed by atoms with Crippen LogP contribution in [0.3, 0.4) is 0 Å². The van der Waals surface area contributed by atoms with Crippen LogP contribution >= 0.6 is 15.9 Å². The van der Waals surface area contributed by atoms with Crippen LogP contribution in [-0.4, -0.2) is 20.8 Å². The summed E-state index contributed by atoms with van der Waals surface area (Å²) in [5.41, 5.74) is 6.11. The molecule has 2 rings (SSSR count). The Morgan fingerprint density at radius 1 is 1.38 bits per heavy atom. The fourth-order valence-corrected chi connectivity index (χ4v) is 2.15. The van der Waals surface area contributed by atoms with Crippen LogP contribution in [0.15, 0.2) is 29.0 Å². The molecule has 1 amide bonds. The zero-order valence-electron chi connectivity index (χ0n) is 10.8. The van der Waals surface area contributed by atoms with Gasteiger partial charge in [-0.3, -0.25) is 14.9 Å². The number of nitro benzene ring substituents is 1. The number of rotatable bonds is 3. The summed E-state index contributed by atoms with van der Waals surface area (Å²) >= 11 is 3.25. The molecular weight excluding hydrogens is 342 g/mol. The molecule has 0 saturated carbocycles. The van der Waals surface area contributed by atoms with Crippen LogP contribution in [0.2, 0.25) is 0 Å². The Morgan fingerprint density at radius 3 is 2.67 bits per heavy atom. The van der Waals surface area contributed by atoms with E-state index < -0.39 is 10.8 Å². The fraction of sp³-hybridized carbons (Fsp3) is 0.0833. The van der Waals surface area contributed by atoms with Crippen LogP contribution in [0.1, 0.15) is 16.1 Å². The van der Waals surface area contributed by atoms with Crippen molar-refractivity contribution in [1.29, 1.82) is 0 Å². The molecule has 0 fully saturated rings. The first kappa shape index (κ1) is 14.9. The lowest BCUT2D eigenvalue weighted by molar-refractivity contribution is -0.385. The van der Waals surface area contributed by atoms with Gasteiger partial charge in [0.25, 0.3) is 11.6 Å². The van der Waals surface area contributed by atoms with E-state index in [1.807, 2.05) is 0 Å². The molecule has 0 atom stereocenters. The van der Waals surface area contributed by atoms with Crippen molar-refractivity contribution in [3.05, 3.63) is 50.4 Å². The van der Waals surface area contributed by atoms with E-state index in [0.717, 1.165) is 0 Å². The predicted octanol–water partition coefficient (Wildman–Crippen LogP) is 2.29.